The van der Waals surface area contributed by atoms with Gasteiger partial charge in [-0.25, -0.2) is 9.37 Å². The number of hydrogen-bond acceptors (Lipinski definition) is 3. The average molecular weight is 337 g/mol. The highest BCUT2D eigenvalue weighted by Crippen LogP contribution is 2.12. The topological polar surface area (TPSA) is 64.0 Å². The van der Waals surface area contributed by atoms with Crippen molar-refractivity contribution >= 4 is 11.7 Å². The molecule has 1 amide bonds. The third-order valence-corrected chi connectivity index (χ3v) is 3.79. The van der Waals surface area contributed by atoms with Gasteiger partial charge in [0.2, 0.25) is 0 Å². The van der Waals surface area contributed by atoms with E-state index in [2.05, 4.69) is 10.3 Å². The van der Waals surface area contributed by atoms with E-state index in [4.69, 9.17) is 0 Å². The maximum Gasteiger partial charge on any atom is 0.258 e. The summed E-state index contributed by atoms with van der Waals surface area (Å²) < 4.78 is 15.1. The number of aryl methyl sites for hydroxylation is 1. The summed E-state index contributed by atoms with van der Waals surface area (Å²) in [5, 5.41) is 2.71. The Morgan fingerprint density at radius 1 is 1.16 bits per heavy atom. The summed E-state index contributed by atoms with van der Waals surface area (Å²) in [5.74, 6) is -0.322. The number of carbonyl (C=O) groups excluding carboxylic acids is 1. The molecule has 6 heteroatoms. The SMILES string of the molecule is Cc1cccnc1NC(=O)c1ccc(=O)n(Cc2ccccc2F)c1. The van der Waals surface area contributed by atoms with Crippen molar-refractivity contribution in [1.82, 2.24) is 9.55 Å². The van der Waals surface area contributed by atoms with Gasteiger partial charge in [0.25, 0.3) is 11.5 Å². The summed E-state index contributed by atoms with van der Waals surface area (Å²) in [6.07, 6.45) is 3.00. The highest BCUT2D eigenvalue weighted by molar-refractivity contribution is 6.03. The van der Waals surface area contributed by atoms with E-state index in [0.717, 1.165) is 5.56 Å². The first-order valence-electron chi connectivity index (χ1n) is 7.71. The van der Waals surface area contributed by atoms with E-state index < -0.39 is 5.82 Å². The number of carbonyl (C=O) groups is 1. The van der Waals surface area contributed by atoms with Crippen molar-refractivity contribution in [1.29, 1.82) is 0 Å². The smallest absolute Gasteiger partial charge is 0.258 e. The van der Waals surface area contributed by atoms with Crippen molar-refractivity contribution in [3.63, 3.8) is 0 Å². The maximum atomic E-state index is 13.8. The second-order valence-corrected chi connectivity index (χ2v) is 5.60. The highest BCUT2D eigenvalue weighted by Gasteiger charge is 2.11. The minimum absolute atomic E-state index is 0.0508. The van der Waals surface area contributed by atoms with Crippen LogP contribution in [0, 0.1) is 12.7 Å². The van der Waals surface area contributed by atoms with Crippen LogP contribution < -0.4 is 10.9 Å². The van der Waals surface area contributed by atoms with Crippen LogP contribution in [0.25, 0.3) is 0 Å². The number of nitrogens with zero attached hydrogens (tertiary/aromatic N) is 2. The second kappa shape index (κ2) is 7.09. The predicted octanol–water partition coefficient (Wildman–Crippen LogP) is 2.99. The van der Waals surface area contributed by atoms with Gasteiger partial charge >= 0.3 is 0 Å². The molecular weight excluding hydrogens is 321 g/mol. The van der Waals surface area contributed by atoms with Crippen molar-refractivity contribution in [3.8, 4) is 0 Å². The van der Waals surface area contributed by atoms with Crippen molar-refractivity contribution in [2.45, 2.75) is 13.5 Å². The monoisotopic (exact) mass is 337 g/mol. The van der Waals surface area contributed by atoms with Gasteiger partial charge in [0.15, 0.2) is 0 Å². The molecule has 2 aromatic heterocycles. The van der Waals surface area contributed by atoms with E-state index in [1.165, 1.54) is 29.0 Å². The Hall–Kier alpha value is -3.28. The summed E-state index contributed by atoms with van der Waals surface area (Å²) in [4.78, 5) is 28.5. The summed E-state index contributed by atoms with van der Waals surface area (Å²) in [6.45, 7) is 1.89. The zero-order valence-electron chi connectivity index (χ0n) is 13.6. The molecule has 0 aliphatic rings. The lowest BCUT2D eigenvalue weighted by Gasteiger charge is -2.10. The standard InChI is InChI=1S/C19H16FN3O2/c1-13-5-4-10-21-18(13)22-19(25)15-8-9-17(24)23(12-15)11-14-6-2-3-7-16(14)20/h2-10,12H,11H2,1H3,(H,21,22,25). The first-order chi connectivity index (χ1) is 12.0. The van der Waals surface area contributed by atoms with Gasteiger partial charge in [0.1, 0.15) is 11.6 Å². The van der Waals surface area contributed by atoms with Crippen LogP contribution in [0.5, 0.6) is 0 Å². The summed E-state index contributed by atoms with van der Waals surface area (Å²) >= 11 is 0. The molecule has 0 saturated heterocycles. The molecule has 0 fully saturated rings. The first kappa shape index (κ1) is 16.6. The number of halogens is 1. The lowest BCUT2D eigenvalue weighted by molar-refractivity contribution is 0.102. The molecule has 3 aromatic rings. The van der Waals surface area contributed by atoms with Crippen LogP contribution in [0.1, 0.15) is 21.5 Å². The van der Waals surface area contributed by atoms with E-state index >= 15 is 0 Å². The molecule has 0 aliphatic carbocycles. The van der Waals surface area contributed by atoms with E-state index in [1.807, 2.05) is 13.0 Å². The van der Waals surface area contributed by atoms with Crippen LogP contribution in [0.4, 0.5) is 10.2 Å². The molecule has 3 rings (SSSR count). The fourth-order valence-corrected chi connectivity index (χ4v) is 2.40. The second-order valence-electron chi connectivity index (χ2n) is 5.60. The van der Waals surface area contributed by atoms with E-state index in [-0.39, 0.29) is 18.0 Å². The average Bonchev–Trinajstić information content (AvgIpc) is 2.60. The number of amides is 1. The quantitative estimate of drug-likeness (QED) is 0.796. The highest BCUT2D eigenvalue weighted by atomic mass is 19.1. The number of benzene rings is 1. The van der Waals surface area contributed by atoms with Gasteiger partial charge in [0.05, 0.1) is 12.1 Å². The lowest BCUT2D eigenvalue weighted by Crippen LogP contribution is -2.23. The minimum Gasteiger partial charge on any atom is -0.310 e. The van der Waals surface area contributed by atoms with Crippen LogP contribution in [0.15, 0.2) is 65.7 Å². The van der Waals surface area contributed by atoms with Crippen LogP contribution in [0.2, 0.25) is 0 Å². The van der Waals surface area contributed by atoms with Crippen molar-refractivity contribution in [2.75, 3.05) is 5.32 Å². The third kappa shape index (κ3) is 3.80. The summed E-state index contributed by atoms with van der Waals surface area (Å²) in [7, 11) is 0. The molecule has 1 N–H and O–H groups in total. The largest absolute Gasteiger partial charge is 0.310 e. The normalized spacial score (nSPS) is 10.5. The van der Waals surface area contributed by atoms with Gasteiger partial charge in [0, 0.05) is 24.0 Å². The molecule has 0 radical (unpaired) electrons. The molecule has 5 nitrogen and oxygen atoms in total. The van der Waals surface area contributed by atoms with Gasteiger partial charge < -0.3 is 9.88 Å². The van der Waals surface area contributed by atoms with Crippen LogP contribution in [-0.2, 0) is 6.54 Å². The Labute approximate surface area is 143 Å². The Balaban J connectivity index is 1.86. The predicted molar refractivity (Wildman–Crippen MR) is 93.1 cm³/mol. The molecule has 1 aromatic carbocycles. The number of anilines is 1. The zero-order chi connectivity index (χ0) is 17.8. The fraction of sp³-hybridized carbons (Fsp3) is 0.105. The Morgan fingerprint density at radius 2 is 1.96 bits per heavy atom. The Bertz CT molecular complexity index is 982. The maximum absolute atomic E-state index is 13.8. The molecule has 0 spiro atoms. The Morgan fingerprint density at radius 3 is 2.72 bits per heavy atom. The van der Waals surface area contributed by atoms with Gasteiger partial charge in [-0.05, 0) is 30.7 Å². The molecule has 0 aliphatic heterocycles. The summed E-state index contributed by atoms with van der Waals surface area (Å²) in [6, 6.07) is 12.6. The molecule has 25 heavy (non-hydrogen) atoms. The zero-order valence-corrected chi connectivity index (χ0v) is 13.6. The fourth-order valence-electron chi connectivity index (χ4n) is 2.40. The van der Waals surface area contributed by atoms with E-state index in [0.29, 0.717) is 16.9 Å². The number of aromatic nitrogens is 2. The molecule has 0 unspecified atom stereocenters. The van der Waals surface area contributed by atoms with Crippen LogP contribution in [0.3, 0.4) is 0 Å². The number of hydrogen-bond donors (Lipinski definition) is 1. The van der Waals surface area contributed by atoms with Crippen LogP contribution >= 0.6 is 0 Å². The third-order valence-electron chi connectivity index (χ3n) is 3.79. The van der Waals surface area contributed by atoms with Gasteiger partial charge in [-0.3, -0.25) is 9.59 Å². The van der Waals surface area contributed by atoms with E-state index in [9.17, 15) is 14.0 Å². The molecule has 2 heterocycles. The van der Waals surface area contributed by atoms with E-state index in [1.54, 1.807) is 30.5 Å². The Kier molecular flexibility index (Phi) is 4.70. The molecule has 126 valence electrons. The first-order valence-corrected chi connectivity index (χ1v) is 7.71. The number of rotatable bonds is 4. The van der Waals surface area contributed by atoms with Crippen molar-refractivity contribution in [2.24, 2.45) is 0 Å². The van der Waals surface area contributed by atoms with Crippen molar-refractivity contribution < 1.29 is 9.18 Å². The number of pyridine rings is 2. The molecule has 0 bridgehead atoms. The summed E-state index contributed by atoms with van der Waals surface area (Å²) in [5.41, 5.74) is 1.19. The molecular formula is C19H16FN3O2. The number of nitrogens with one attached hydrogen (secondary N) is 1. The van der Waals surface area contributed by atoms with Gasteiger partial charge in [-0.2, -0.15) is 0 Å². The van der Waals surface area contributed by atoms with Crippen molar-refractivity contribution in [3.05, 3.63) is 93.8 Å². The van der Waals surface area contributed by atoms with Crippen LogP contribution in [-0.4, -0.2) is 15.5 Å². The lowest BCUT2D eigenvalue weighted by atomic mass is 10.2. The molecule has 0 atom stereocenters. The van der Waals surface area contributed by atoms with Gasteiger partial charge in [-0.1, -0.05) is 24.3 Å². The molecule has 0 saturated carbocycles. The van der Waals surface area contributed by atoms with Gasteiger partial charge in [-0.15, -0.1) is 0 Å². The minimum atomic E-state index is -0.395.